The second-order valence-electron chi connectivity index (χ2n) is 4.26. The maximum Gasteiger partial charge on any atom is 0.266 e. The van der Waals surface area contributed by atoms with Crippen molar-refractivity contribution in [3.05, 3.63) is 51.7 Å². The molecule has 1 saturated heterocycles. The molecule has 0 spiro atoms. The molecule has 0 atom stereocenters. The van der Waals surface area contributed by atoms with Gasteiger partial charge in [-0.2, -0.15) is 0 Å². The van der Waals surface area contributed by atoms with E-state index in [0.717, 1.165) is 4.88 Å². The van der Waals surface area contributed by atoms with Crippen LogP contribution in [0.2, 0.25) is 0 Å². The number of pyridine rings is 1. The van der Waals surface area contributed by atoms with Gasteiger partial charge < -0.3 is 0 Å². The molecule has 0 aromatic carbocycles. The lowest BCUT2D eigenvalue weighted by molar-refractivity contribution is -0.122. The van der Waals surface area contributed by atoms with Crippen LogP contribution >= 0.6 is 23.1 Å². The predicted molar refractivity (Wildman–Crippen MR) is 88.6 cm³/mol. The van der Waals surface area contributed by atoms with Crippen LogP contribution < -0.4 is 0 Å². The van der Waals surface area contributed by atoms with Crippen molar-refractivity contribution in [2.75, 3.05) is 6.54 Å². The first-order chi connectivity index (χ1) is 10.3. The first kappa shape index (κ1) is 14.0. The summed E-state index contributed by atoms with van der Waals surface area (Å²) in [4.78, 5) is 24.5. The van der Waals surface area contributed by atoms with Crippen LogP contribution in [0.5, 0.6) is 0 Å². The monoisotopic (exact) mass is 315 g/mol. The van der Waals surface area contributed by atoms with Crippen LogP contribution in [-0.2, 0) is 4.79 Å². The average molecular weight is 315 g/mol. The molecule has 106 valence electrons. The Morgan fingerprint density at radius 1 is 1.33 bits per heavy atom. The van der Waals surface area contributed by atoms with Gasteiger partial charge in [0.15, 0.2) is 11.0 Å². The van der Waals surface area contributed by atoms with Crippen molar-refractivity contribution in [1.82, 2.24) is 9.88 Å². The number of carbonyl (C=O) groups is 1. The molecule has 2 aromatic rings. The minimum absolute atomic E-state index is 0.00517. The number of thiophene rings is 1. The first-order valence-corrected chi connectivity index (χ1v) is 8.22. The van der Waals surface area contributed by atoms with E-state index in [1.807, 2.05) is 48.7 Å². The van der Waals surface area contributed by atoms with E-state index in [1.165, 1.54) is 11.8 Å². The maximum absolute atomic E-state index is 12.4. The molecular weight excluding hydrogens is 302 g/mol. The third-order valence-electron chi connectivity index (χ3n) is 2.88. The third kappa shape index (κ3) is 3.06. The number of aromatic nitrogens is 1. The second-order valence-corrected chi connectivity index (χ2v) is 6.25. The minimum Gasteiger partial charge on any atom is -0.287 e. The normalized spacial score (nSPS) is 18.9. The van der Waals surface area contributed by atoms with Gasteiger partial charge in [-0.25, -0.2) is 9.98 Å². The van der Waals surface area contributed by atoms with Crippen molar-refractivity contribution >= 4 is 46.1 Å². The number of likely N-dealkylation sites (N-methyl/N-ethyl adjacent to an activating group) is 1. The van der Waals surface area contributed by atoms with E-state index in [0.29, 0.717) is 22.4 Å². The Balaban J connectivity index is 1.92. The van der Waals surface area contributed by atoms with E-state index in [9.17, 15) is 4.79 Å². The molecule has 0 bridgehead atoms. The van der Waals surface area contributed by atoms with E-state index >= 15 is 0 Å². The van der Waals surface area contributed by atoms with Crippen LogP contribution in [0.4, 0.5) is 5.82 Å². The Labute approximate surface area is 131 Å². The van der Waals surface area contributed by atoms with Gasteiger partial charge in [-0.15, -0.1) is 11.3 Å². The number of amidine groups is 1. The van der Waals surface area contributed by atoms with Crippen molar-refractivity contribution in [3.8, 4) is 0 Å². The van der Waals surface area contributed by atoms with Gasteiger partial charge in [-0.3, -0.25) is 9.69 Å². The molecule has 2 aromatic heterocycles. The van der Waals surface area contributed by atoms with Crippen LogP contribution in [0, 0.1) is 0 Å². The van der Waals surface area contributed by atoms with Crippen molar-refractivity contribution in [3.63, 3.8) is 0 Å². The van der Waals surface area contributed by atoms with Crippen molar-refractivity contribution in [2.24, 2.45) is 4.99 Å². The molecule has 3 rings (SSSR count). The van der Waals surface area contributed by atoms with Gasteiger partial charge in [0.2, 0.25) is 0 Å². The topological polar surface area (TPSA) is 45.6 Å². The maximum atomic E-state index is 12.4. The number of nitrogens with zero attached hydrogens (tertiary/aromatic N) is 3. The van der Waals surface area contributed by atoms with Gasteiger partial charge in [0.1, 0.15) is 0 Å². The van der Waals surface area contributed by atoms with Crippen molar-refractivity contribution < 1.29 is 4.79 Å². The zero-order valence-corrected chi connectivity index (χ0v) is 13.0. The number of carbonyl (C=O) groups excluding carboxylic acids is 1. The summed E-state index contributed by atoms with van der Waals surface area (Å²) in [5.41, 5.74) is 0. The SMILES string of the molecule is CCN1C(=O)/C(=C\c2cccs2)S/C1=N/c1ccccn1. The minimum atomic E-state index is 0.00517. The largest absolute Gasteiger partial charge is 0.287 e. The van der Waals surface area contributed by atoms with Crippen LogP contribution in [-0.4, -0.2) is 27.5 Å². The van der Waals surface area contributed by atoms with Crippen LogP contribution in [0.1, 0.15) is 11.8 Å². The lowest BCUT2D eigenvalue weighted by atomic mass is 10.4. The zero-order valence-electron chi connectivity index (χ0n) is 11.4. The van der Waals surface area contributed by atoms with Gasteiger partial charge >= 0.3 is 0 Å². The van der Waals surface area contributed by atoms with E-state index in [1.54, 1.807) is 22.4 Å². The highest BCUT2D eigenvalue weighted by Crippen LogP contribution is 2.34. The summed E-state index contributed by atoms with van der Waals surface area (Å²) in [6, 6.07) is 9.52. The number of rotatable bonds is 3. The highest BCUT2D eigenvalue weighted by molar-refractivity contribution is 8.18. The van der Waals surface area contributed by atoms with E-state index < -0.39 is 0 Å². The summed E-state index contributed by atoms with van der Waals surface area (Å²) in [5.74, 6) is 0.620. The molecule has 0 N–H and O–H groups in total. The molecule has 0 saturated carbocycles. The number of aliphatic imine (C=N–C) groups is 1. The van der Waals surface area contributed by atoms with Crippen molar-refractivity contribution in [1.29, 1.82) is 0 Å². The fraction of sp³-hybridized carbons (Fsp3) is 0.133. The van der Waals surface area contributed by atoms with E-state index in [-0.39, 0.29) is 5.91 Å². The third-order valence-corrected chi connectivity index (χ3v) is 4.71. The lowest BCUT2D eigenvalue weighted by Gasteiger charge is -2.11. The highest BCUT2D eigenvalue weighted by Gasteiger charge is 2.32. The Morgan fingerprint density at radius 2 is 2.24 bits per heavy atom. The molecule has 0 unspecified atom stereocenters. The molecule has 0 radical (unpaired) electrons. The first-order valence-electron chi connectivity index (χ1n) is 6.52. The second kappa shape index (κ2) is 6.24. The number of amides is 1. The van der Waals surface area contributed by atoms with Gasteiger partial charge in [0.05, 0.1) is 4.91 Å². The summed E-state index contributed by atoms with van der Waals surface area (Å²) in [6.07, 6.45) is 3.61. The van der Waals surface area contributed by atoms with E-state index in [4.69, 9.17) is 0 Å². The summed E-state index contributed by atoms with van der Waals surface area (Å²) in [5, 5.41) is 2.68. The Kier molecular flexibility index (Phi) is 4.17. The Hall–Kier alpha value is -1.92. The quantitative estimate of drug-likeness (QED) is 0.810. The fourth-order valence-corrected chi connectivity index (χ4v) is 3.66. The van der Waals surface area contributed by atoms with Gasteiger partial charge in [-0.05, 0) is 48.3 Å². The highest BCUT2D eigenvalue weighted by atomic mass is 32.2. The van der Waals surface area contributed by atoms with Crippen molar-refractivity contribution in [2.45, 2.75) is 6.92 Å². The summed E-state index contributed by atoms with van der Waals surface area (Å²) in [7, 11) is 0. The predicted octanol–water partition coefficient (Wildman–Crippen LogP) is 3.77. The zero-order chi connectivity index (χ0) is 14.7. The smallest absolute Gasteiger partial charge is 0.266 e. The summed E-state index contributed by atoms with van der Waals surface area (Å²) in [6.45, 7) is 2.54. The molecule has 21 heavy (non-hydrogen) atoms. The molecule has 1 aliphatic heterocycles. The molecule has 6 heteroatoms. The van der Waals surface area contributed by atoms with Gasteiger partial charge in [-0.1, -0.05) is 12.1 Å². The summed E-state index contributed by atoms with van der Waals surface area (Å²) < 4.78 is 0. The molecule has 3 heterocycles. The molecule has 0 aliphatic carbocycles. The number of hydrogen-bond acceptors (Lipinski definition) is 5. The average Bonchev–Trinajstić information content (AvgIpc) is 3.10. The Morgan fingerprint density at radius 3 is 2.90 bits per heavy atom. The van der Waals surface area contributed by atoms with Gasteiger partial charge in [0, 0.05) is 17.6 Å². The summed E-state index contributed by atoms with van der Waals surface area (Å²) >= 11 is 3.01. The van der Waals surface area contributed by atoms with Crippen LogP contribution in [0.3, 0.4) is 0 Å². The molecular formula is C15H13N3OS2. The van der Waals surface area contributed by atoms with Gasteiger partial charge in [0.25, 0.3) is 5.91 Å². The fourth-order valence-electron chi connectivity index (χ4n) is 1.89. The molecule has 4 nitrogen and oxygen atoms in total. The molecule has 1 amide bonds. The van der Waals surface area contributed by atoms with E-state index in [2.05, 4.69) is 9.98 Å². The van der Waals surface area contributed by atoms with Crippen LogP contribution in [0.25, 0.3) is 6.08 Å². The standard InChI is InChI=1S/C15H13N3OS2/c1-2-18-14(19)12(10-11-6-5-9-20-11)21-15(18)17-13-7-3-4-8-16-13/h3-10H,2H2,1H3/b12-10+,17-15+. The lowest BCUT2D eigenvalue weighted by Crippen LogP contribution is -2.28. The Bertz CT molecular complexity index is 693. The van der Waals surface area contributed by atoms with Crippen LogP contribution in [0.15, 0.2) is 51.8 Å². The molecule has 1 aliphatic rings. The number of hydrogen-bond donors (Lipinski definition) is 0. The molecule has 1 fully saturated rings. The number of thioether (sulfide) groups is 1.